The molecule has 1 aromatic carbocycles. The molecule has 0 N–H and O–H groups in total. The Hall–Kier alpha value is -2.96. The van der Waals surface area contributed by atoms with Crippen LogP contribution in [0.15, 0.2) is 47.2 Å². The van der Waals surface area contributed by atoms with Gasteiger partial charge >= 0.3 is 6.01 Å². The number of Topliss-reactive ketones (excluding diaryl/α,β-unsaturated/α-hetero) is 1. The predicted molar refractivity (Wildman–Crippen MR) is 92.2 cm³/mol. The third-order valence-electron chi connectivity index (χ3n) is 4.55. The van der Waals surface area contributed by atoms with E-state index in [4.69, 9.17) is 4.52 Å². The first-order chi connectivity index (χ1) is 12.2. The number of benzene rings is 1. The Morgan fingerprint density at radius 1 is 1.28 bits per heavy atom. The van der Waals surface area contributed by atoms with E-state index in [1.807, 2.05) is 42.3 Å². The maximum atomic E-state index is 12.7. The zero-order valence-electron chi connectivity index (χ0n) is 14.0. The number of rotatable bonds is 4. The summed E-state index contributed by atoms with van der Waals surface area (Å²) in [7, 11) is 1.84. The van der Waals surface area contributed by atoms with Crippen molar-refractivity contribution in [2.75, 3.05) is 18.0 Å². The Labute approximate surface area is 145 Å². The van der Waals surface area contributed by atoms with E-state index >= 15 is 0 Å². The van der Waals surface area contributed by atoms with Gasteiger partial charge in [0.2, 0.25) is 11.6 Å². The highest BCUT2D eigenvalue weighted by atomic mass is 16.5. The molecule has 0 saturated carbocycles. The molecule has 25 heavy (non-hydrogen) atoms. The van der Waals surface area contributed by atoms with Crippen LogP contribution in [0.3, 0.4) is 0 Å². The molecule has 1 saturated heterocycles. The normalized spacial score (nSPS) is 17.6. The van der Waals surface area contributed by atoms with Gasteiger partial charge in [-0.1, -0.05) is 35.5 Å². The van der Waals surface area contributed by atoms with E-state index in [0.29, 0.717) is 24.2 Å². The van der Waals surface area contributed by atoms with E-state index in [1.165, 1.54) is 0 Å². The highest BCUT2D eigenvalue weighted by molar-refractivity contribution is 5.95. The van der Waals surface area contributed by atoms with Crippen molar-refractivity contribution in [1.29, 1.82) is 0 Å². The van der Waals surface area contributed by atoms with Crippen LogP contribution < -0.4 is 4.90 Å². The molecule has 0 unspecified atom stereocenters. The number of carbonyl (C=O) groups is 1. The van der Waals surface area contributed by atoms with Crippen LogP contribution in [0.25, 0.3) is 11.4 Å². The maximum Gasteiger partial charge on any atom is 0.324 e. The highest BCUT2D eigenvalue weighted by Gasteiger charge is 2.30. The lowest BCUT2D eigenvalue weighted by molar-refractivity contribution is 0.0892. The predicted octanol–water partition coefficient (Wildman–Crippen LogP) is 2.57. The molecule has 128 valence electrons. The molecular formula is C18H19N5O2. The third kappa shape index (κ3) is 3.05. The zero-order chi connectivity index (χ0) is 17.2. The monoisotopic (exact) mass is 337 g/mol. The fraction of sp³-hybridized carbons (Fsp3) is 0.333. The number of imidazole rings is 1. The van der Waals surface area contributed by atoms with E-state index in [0.717, 1.165) is 24.9 Å². The number of piperidine rings is 1. The summed E-state index contributed by atoms with van der Waals surface area (Å²) in [5, 5.41) is 4.07. The summed E-state index contributed by atoms with van der Waals surface area (Å²) in [5.41, 5.74) is 0.912. The summed E-state index contributed by atoms with van der Waals surface area (Å²) in [5.74, 6) is 1.03. The number of anilines is 1. The number of aryl methyl sites for hydroxylation is 1. The average molecular weight is 337 g/mol. The van der Waals surface area contributed by atoms with Crippen molar-refractivity contribution in [3.05, 3.63) is 48.5 Å². The van der Waals surface area contributed by atoms with Crippen molar-refractivity contribution in [3.63, 3.8) is 0 Å². The van der Waals surface area contributed by atoms with E-state index in [1.54, 1.807) is 17.0 Å². The molecule has 1 fully saturated rings. The SMILES string of the molecule is Cn1ccnc1C(=O)[C@H]1CCCN(c2nc(-c3ccccc3)no2)C1. The van der Waals surface area contributed by atoms with Crippen LogP contribution >= 0.6 is 0 Å². The molecule has 3 aromatic rings. The Morgan fingerprint density at radius 3 is 2.88 bits per heavy atom. The molecule has 4 rings (SSSR count). The largest absolute Gasteiger partial charge is 0.332 e. The van der Waals surface area contributed by atoms with Gasteiger partial charge in [-0.05, 0) is 12.8 Å². The lowest BCUT2D eigenvalue weighted by atomic mass is 9.93. The van der Waals surface area contributed by atoms with Crippen molar-refractivity contribution in [2.24, 2.45) is 13.0 Å². The van der Waals surface area contributed by atoms with Crippen LogP contribution in [0, 0.1) is 5.92 Å². The summed E-state index contributed by atoms with van der Waals surface area (Å²) >= 11 is 0. The third-order valence-corrected chi connectivity index (χ3v) is 4.55. The zero-order valence-corrected chi connectivity index (χ0v) is 14.0. The summed E-state index contributed by atoms with van der Waals surface area (Å²) in [6, 6.07) is 10.2. The van der Waals surface area contributed by atoms with Crippen LogP contribution in [-0.4, -0.2) is 38.6 Å². The van der Waals surface area contributed by atoms with Crippen LogP contribution in [0.2, 0.25) is 0 Å². The summed E-state index contributed by atoms with van der Waals surface area (Å²) in [4.78, 5) is 23.4. The molecule has 0 amide bonds. The number of carbonyl (C=O) groups excluding carboxylic acids is 1. The fourth-order valence-corrected chi connectivity index (χ4v) is 3.20. The molecule has 0 radical (unpaired) electrons. The van der Waals surface area contributed by atoms with Gasteiger partial charge in [-0.25, -0.2) is 4.98 Å². The quantitative estimate of drug-likeness (QED) is 0.681. The number of aromatic nitrogens is 4. The second-order valence-electron chi connectivity index (χ2n) is 6.28. The standard InChI is InChI=1S/C18H19N5O2/c1-22-11-9-19-17(22)15(24)14-8-5-10-23(12-14)18-20-16(21-25-18)13-6-3-2-4-7-13/h2-4,6-7,9,11,14H,5,8,10,12H2,1H3/t14-/m0/s1. The minimum atomic E-state index is -0.109. The van der Waals surface area contributed by atoms with Gasteiger partial charge in [0, 0.05) is 44.0 Å². The minimum absolute atomic E-state index is 0.0694. The van der Waals surface area contributed by atoms with Gasteiger partial charge in [0.1, 0.15) is 0 Å². The number of hydrogen-bond donors (Lipinski definition) is 0. The molecule has 1 atom stereocenters. The molecule has 0 spiro atoms. The van der Waals surface area contributed by atoms with Crippen LogP contribution in [-0.2, 0) is 7.05 Å². The van der Waals surface area contributed by atoms with Crippen LogP contribution in [0.5, 0.6) is 0 Å². The molecule has 2 aromatic heterocycles. The molecular weight excluding hydrogens is 318 g/mol. The number of nitrogens with zero attached hydrogens (tertiary/aromatic N) is 5. The first-order valence-electron chi connectivity index (χ1n) is 8.38. The smallest absolute Gasteiger partial charge is 0.324 e. The van der Waals surface area contributed by atoms with Crippen molar-refractivity contribution >= 4 is 11.8 Å². The van der Waals surface area contributed by atoms with Crippen LogP contribution in [0.4, 0.5) is 6.01 Å². The first kappa shape index (κ1) is 15.6. The lowest BCUT2D eigenvalue weighted by Crippen LogP contribution is -2.39. The van der Waals surface area contributed by atoms with Crippen molar-refractivity contribution in [1.82, 2.24) is 19.7 Å². The van der Waals surface area contributed by atoms with Crippen molar-refractivity contribution < 1.29 is 9.32 Å². The summed E-state index contributed by atoms with van der Waals surface area (Å²) in [6.07, 6.45) is 5.20. The Kier molecular flexibility index (Phi) is 4.05. The maximum absolute atomic E-state index is 12.7. The molecule has 7 heteroatoms. The van der Waals surface area contributed by atoms with Gasteiger partial charge in [0.25, 0.3) is 0 Å². The molecule has 3 heterocycles. The van der Waals surface area contributed by atoms with Crippen molar-refractivity contribution in [3.8, 4) is 11.4 Å². The second kappa shape index (κ2) is 6.51. The fourth-order valence-electron chi connectivity index (χ4n) is 3.20. The van der Waals surface area contributed by atoms with E-state index in [9.17, 15) is 4.79 Å². The Balaban J connectivity index is 1.51. The number of hydrogen-bond acceptors (Lipinski definition) is 6. The summed E-state index contributed by atoms with van der Waals surface area (Å²) < 4.78 is 7.20. The van der Waals surface area contributed by atoms with Gasteiger partial charge in [-0.3, -0.25) is 4.79 Å². The topological polar surface area (TPSA) is 77.1 Å². The number of ketones is 1. The molecule has 1 aliphatic heterocycles. The van der Waals surface area contributed by atoms with Gasteiger partial charge in [0.15, 0.2) is 5.82 Å². The van der Waals surface area contributed by atoms with E-state index in [2.05, 4.69) is 15.1 Å². The average Bonchev–Trinajstić information content (AvgIpc) is 3.31. The summed E-state index contributed by atoms with van der Waals surface area (Å²) in [6.45, 7) is 1.38. The van der Waals surface area contributed by atoms with Gasteiger partial charge < -0.3 is 14.0 Å². The van der Waals surface area contributed by atoms with E-state index < -0.39 is 0 Å². The Bertz CT molecular complexity index is 870. The highest BCUT2D eigenvalue weighted by Crippen LogP contribution is 2.26. The van der Waals surface area contributed by atoms with Gasteiger partial charge in [-0.15, -0.1) is 0 Å². The second-order valence-corrected chi connectivity index (χ2v) is 6.28. The minimum Gasteiger partial charge on any atom is -0.332 e. The van der Waals surface area contributed by atoms with E-state index in [-0.39, 0.29) is 11.7 Å². The Morgan fingerprint density at radius 2 is 2.12 bits per heavy atom. The first-order valence-corrected chi connectivity index (χ1v) is 8.38. The van der Waals surface area contributed by atoms with Crippen molar-refractivity contribution in [2.45, 2.75) is 12.8 Å². The molecule has 0 aliphatic carbocycles. The van der Waals surface area contributed by atoms with Gasteiger partial charge in [-0.2, -0.15) is 4.98 Å². The lowest BCUT2D eigenvalue weighted by Gasteiger charge is -2.30. The molecule has 7 nitrogen and oxygen atoms in total. The molecule has 0 bridgehead atoms. The van der Waals surface area contributed by atoms with Crippen LogP contribution in [0.1, 0.15) is 23.5 Å². The molecule has 1 aliphatic rings. The van der Waals surface area contributed by atoms with Gasteiger partial charge in [0.05, 0.1) is 0 Å².